The number of pyridine rings is 2. The van der Waals surface area contributed by atoms with Crippen molar-refractivity contribution in [2.24, 2.45) is 5.73 Å². The third-order valence-electron chi connectivity index (χ3n) is 9.55. The average Bonchev–Trinajstić information content (AvgIpc) is 3.21. The molecule has 0 aliphatic carbocycles. The number of hydrogen-bond acceptors (Lipinski definition) is 6. The average molecular weight is 808 g/mol. The number of nitrogens with zero attached hydrogens (tertiary/aromatic N) is 4. The maximum atomic E-state index is 15.2. The smallest absolute Gasteiger partial charge is 0.255 e. The Labute approximate surface area is 339 Å². The molecule has 0 saturated heterocycles. The van der Waals surface area contributed by atoms with Gasteiger partial charge in [-0.3, -0.25) is 24.4 Å². The summed E-state index contributed by atoms with van der Waals surface area (Å²) in [4.78, 5) is 53.0. The minimum Gasteiger partial charge on any atom is -0.327 e. The molecule has 9 nitrogen and oxygen atoms in total. The van der Waals surface area contributed by atoms with Crippen molar-refractivity contribution in [3.8, 4) is 0 Å². The van der Waals surface area contributed by atoms with E-state index in [2.05, 4.69) is 15.3 Å². The predicted octanol–water partition coefficient (Wildman–Crippen LogP) is 9.58. The van der Waals surface area contributed by atoms with Gasteiger partial charge >= 0.3 is 0 Å². The molecule has 4 aromatic carbocycles. The first-order valence-corrected chi connectivity index (χ1v) is 18.7. The van der Waals surface area contributed by atoms with E-state index in [0.717, 1.165) is 28.8 Å². The molecule has 13 heteroatoms. The van der Waals surface area contributed by atoms with Gasteiger partial charge in [-0.05, 0) is 108 Å². The first-order valence-electron chi connectivity index (χ1n) is 18.0. The molecular weight excluding hydrogens is 769 g/mol. The van der Waals surface area contributed by atoms with Crippen molar-refractivity contribution in [1.82, 2.24) is 19.8 Å². The largest absolute Gasteiger partial charge is 0.327 e. The van der Waals surface area contributed by atoms with E-state index in [1.807, 2.05) is 31.2 Å². The molecule has 57 heavy (non-hydrogen) atoms. The quantitative estimate of drug-likeness (QED) is 0.120. The maximum absolute atomic E-state index is 15.2. The lowest BCUT2D eigenvalue weighted by molar-refractivity contribution is 0.0666. The van der Waals surface area contributed by atoms with Crippen molar-refractivity contribution in [3.05, 3.63) is 194 Å². The van der Waals surface area contributed by atoms with E-state index in [4.69, 9.17) is 28.9 Å². The van der Waals surface area contributed by atoms with Crippen LogP contribution in [0.4, 0.5) is 14.5 Å². The van der Waals surface area contributed by atoms with Crippen LogP contribution in [0.3, 0.4) is 0 Å². The lowest BCUT2D eigenvalue weighted by Crippen LogP contribution is -2.33. The Hall–Kier alpha value is -6.01. The van der Waals surface area contributed by atoms with Crippen LogP contribution in [0.25, 0.3) is 0 Å². The third kappa shape index (κ3) is 9.87. The molecule has 0 fully saturated rings. The van der Waals surface area contributed by atoms with Gasteiger partial charge in [0, 0.05) is 76.8 Å². The van der Waals surface area contributed by atoms with Gasteiger partial charge in [0.25, 0.3) is 17.7 Å². The molecular formula is C44H38Cl2F2N6O3. The molecule has 0 aliphatic heterocycles. The number of aromatic nitrogens is 2. The van der Waals surface area contributed by atoms with Gasteiger partial charge in [-0.25, -0.2) is 8.78 Å². The fourth-order valence-electron chi connectivity index (χ4n) is 6.47. The Balaban J connectivity index is 1.24. The third-order valence-corrected chi connectivity index (χ3v) is 10.2. The SMILES string of the molecule is C[C@H](c1ccc(C(=O)Nc2cc(F)cc(C(=O)N(Cc3cccnc3)[C@@H](C)c3ccc(CN)cc3Cl)c2)cc1Cl)N(Cc1cccnc1)C(=O)c1cccc(F)c1. The van der Waals surface area contributed by atoms with Crippen LogP contribution in [0.1, 0.15) is 84.8 Å². The van der Waals surface area contributed by atoms with Gasteiger partial charge in [0.1, 0.15) is 11.6 Å². The highest BCUT2D eigenvalue weighted by molar-refractivity contribution is 6.32. The van der Waals surface area contributed by atoms with E-state index in [9.17, 15) is 18.8 Å². The van der Waals surface area contributed by atoms with Crippen LogP contribution in [0.2, 0.25) is 10.0 Å². The van der Waals surface area contributed by atoms with Gasteiger partial charge in [0.15, 0.2) is 0 Å². The standard InChI is InChI=1S/C44H38Cl2F2N6O3/c1-27(38-12-10-29(22-49)16-40(38)45)54(26-31-7-5-15-51-24-31)44(57)34-18-36(48)21-37(19-34)52-42(55)32-11-13-39(41(46)20-32)28(2)53(25-30-6-4-14-50-23-30)43(56)33-8-3-9-35(47)17-33/h3-21,23-24,27-28H,22,25-26,49H2,1-2H3,(H,52,55)/t27-,28+/m0/s1. The predicted molar refractivity (Wildman–Crippen MR) is 217 cm³/mol. The van der Waals surface area contributed by atoms with Crippen LogP contribution in [0, 0.1) is 11.6 Å². The van der Waals surface area contributed by atoms with Crippen LogP contribution in [0.5, 0.6) is 0 Å². The van der Waals surface area contributed by atoms with Gasteiger partial charge in [0.2, 0.25) is 0 Å². The Morgan fingerprint density at radius 3 is 1.77 bits per heavy atom. The van der Waals surface area contributed by atoms with Gasteiger partial charge < -0.3 is 20.9 Å². The zero-order valence-electron chi connectivity index (χ0n) is 31.0. The number of nitrogens with two attached hydrogens (primary N) is 1. The zero-order valence-corrected chi connectivity index (χ0v) is 32.5. The number of rotatable bonds is 13. The summed E-state index contributed by atoms with van der Waals surface area (Å²) in [6.45, 7) is 4.18. The molecule has 0 bridgehead atoms. The van der Waals surface area contributed by atoms with Crippen LogP contribution in [-0.2, 0) is 19.6 Å². The highest BCUT2D eigenvalue weighted by atomic mass is 35.5. The molecule has 2 atom stereocenters. The zero-order chi connectivity index (χ0) is 40.6. The Morgan fingerprint density at radius 1 is 0.649 bits per heavy atom. The fourth-order valence-corrected chi connectivity index (χ4v) is 7.17. The van der Waals surface area contributed by atoms with E-state index in [1.54, 1.807) is 65.8 Å². The normalized spacial score (nSPS) is 12.1. The van der Waals surface area contributed by atoms with Crippen molar-refractivity contribution in [1.29, 1.82) is 0 Å². The van der Waals surface area contributed by atoms with Crippen LogP contribution in [-0.4, -0.2) is 37.5 Å². The first kappa shape index (κ1) is 40.6. The summed E-state index contributed by atoms with van der Waals surface area (Å²) in [7, 11) is 0. The molecule has 3 amide bonds. The lowest BCUT2D eigenvalue weighted by Gasteiger charge is -2.31. The van der Waals surface area contributed by atoms with E-state index in [0.29, 0.717) is 22.7 Å². The number of anilines is 1. The molecule has 0 saturated carbocycles. The number of carbonyl (C=O) groups is 3. The summed E-state index contributed by atoms with van der Waals surface area (Å²) in [5, 5.41) is 3.30. The maximum Gasteiger partial charge on any atom is 0.255 e. The molecule has 2 aromatic heterocycles. The molecule has 0 unspecified atom stereocenters. The van der Waals surface area contributed by atoms with Crippen LogP contribution in [0.15, 0.2) is 128 Å². The molecule has 3 N–H and O–H groups in total. The number of nitrogens with one attached hydrogen (secondary N) is 1. The summed E-state index contributed by atoms with van der Waals surface area (Å²) < 4.78 is 29.3. The molecule has 2 heterocycles. The summed E-state index contributed by atoms with van der Waals surface area (Å²) in [6, 6.07) is 25.0. The van der Waals surface area contributed by atoms with Crippen molar-refractivity contribution in [2.45, 2.75) is 45.6 Å². The fraction of sp³-hybridized carbons (Fsp3) is 0.159. The van der Waals surface area contributed by atoms with Crippen LogP contribution < -0.4 is 11.1 Å². The Bertz CT molecular complexity index is 2400. The monoisotopic (exact) mass is 806 g/mol. The van der Waals surface area contributed by atoms with Gasteiger partial charge in [-0.1, -0.05) is 59.6 Å². The summed E-state index contributed by atoms with van der Waals surface area (Å²) >= 11 is 13.4. The number of benzene rings is 4. The number of amides is 3. The summed E-state index contributed by atoms with van der Waals surface area (Å²) in [5.74, 6) is -2.84. The molecule has 6 aromatic rings. The number of halogens is 4. The summed E-state index contributed by atoms with van der Waals surface area (Å²) in [6.07, 6.45) is 6.52. The van der Waals surface area contributed by atoms with Crippen molar-refractivity contribution < 1.29 is 23.2 Å². The first-order chi connectivity index (χ1) is 27.4. The highest BCUT2D eigenvalue weighted by Gasteiger charge is 2.28. The molecule has 0 spiro atoms. The minimum absolute atomic E-state index is 0.00498. The van der Waals surface area contributed by atoms with Crippen molar-refractivity contribution in [2.75, 3.05) is 5.32 Å². The molecule has 6 rings (SSSR count). The Morgan fingerprint density at radius 2 is 1.23 bits per heavy atom. The minimum atomic E-state index is -0.741. The molecule has 290 valence electrons. The van der Waals surface area contributed by atoms with E-state index >= 15 is 4.39 Å². The Kier molecular flexibility index (Phi) is 13.0. The second-order valence-corrected chi connectivity index (χ2v) is 14.2. The lowest BCUT2D eigenvalue weighted by atomic mass is 10.0. The summed E-state index contributed by atoms with van der Waals surface area (Å²) in [5.41, 5.74) is 9.65. The topological polar surface area (TPSA) is 122 Å². The van der Waals surface area contributed by atoms with E-state index in [-0.39, 0.29) is 40.5 Å². The van der Waals surface area contributed by atoms with Gasteiger partial charge in [-0.2, -0.15) is 0 Å². The molecule has 0 radical (unpaired) electrons. The number of hydrogen-bond donors (Lipinski definition) is 2. The van der Waals surface area contributed by atoms with E-state index < -0.39 is 41.4 Å². The van der Waals surface area contributed by atoms with E-state index in [1.165, 1.54) is 42.5 Å². The van der Waals surface area contributed by atoms with Crippen molar-refractivity contribution >= 4 is 46.6 Å². The molecule has 0 aliphatic rings. The van der Waals surface area contributed by atoms with Gasteiger partial charge in [0.05, 0.1) is 12.1 Å². The second kappa shape index (κ2) is 18.3. The van der Waals surface area contributed by atoms with Crippen molar-refractivity contribution in [3.63, 3.8) is 0 Å². The van der Waals surface area contributed by atoms with Crippen LogP contribution >= 0.6 is 23.2 Å². The van der Waals surface area contributed by atoms with Gasteiger partial charge in [-0.15, -0.1) is 0 Å². The number of carbonyl (C=O) groups excluding carboxylic acids is 3. The second-order valence-electron chi connectivity index (χ2n) is 13.4. The highest BCUT2D eigenvalue weighted by Crippen LogP contribution is 2.33.